The molecule has 0 aromatic rings. The first kappa shape index (κ1) is 12.9. The minimum atomic E-state index is -0.185. The third-order valence-corrected chi connectivity index (χ3v) is 1.86. The number of carbonyl (C=O) groups is 1. The van der Waals surface area contributed by atoms with E-state index in [-0.39, 0.29) is 31.0 Å². The highest BCUT2D eigenvalue weighted by molar-refractivity contribution is 5.78. The second-order valence-electron chi connectivity index (χ2n) is 3.41. The predicted molar refractivity (Wildman–Crippen MR) is 55.6 cm³/mol. The average Bonchev–Trinajstić information content (AvgIpc) is 2.14. The number of terminal acetylenes is 1. The Hall–Kier alpha value is -1.05. The molecule has 0 aromatic carbocycles. The quantitative estimate of drug-likeness (QED) is 0.392. The lowest BCUT2D eigenvalue weighted by Gasteiger charge is -2.19. The topological polar surface area (TPSA) is 61.4 Å². The van der Waals surface area contributed by atoms with Gasteiger partial charge in [0.15, 0.2) is 0 Å². The van der Waals surface area contributed by atoms with Gasteiger partial charge in [0.2, 0.25) is 5.91 Å². The molecule has 0 saturated carbocycles. The Kier molecular flexibility index (Phi) is 6.81. The van der Waals surface area contributed by atoms with E-state index in [4.69, 9.17) is 11.5 Å². The smallest absolute Gasteiger partial charge is 0.234 e. The fraction of sp³-hybridized carbons (Fsp3) is 0.700. The van der Waals surface area contributed by atoms with Crippen LogP contribution in [0.3, 0.4) is 0 Å². The Morgan fingerprint density at radius 3 is 2.64 bits per heavy atom. The van der Waals surface area contributed by atoms with E-state index >= 15 is 0 Å². The number of hydrogen-bond acceptors (Lipinski definition) is 3. The summed E-state index contributed by atoms with van der Waals surface area (Å²) in [6.45, 7) is 4.40. The highest BCUT2D eigenvalue weighted by Crippen LogP contribution is 1.99. The SMILES string of the molecule is C#CCNCC(=O)N[C@H](CO)C(C)C. The van der Waals surface area contributed by atoms with Crippen molar-refractivity contribution in [1.82, 2.24) is 10.6 Å². The second kappa shape index (κ2) is 7.36. The van der Waals surface area contributed by atoms with Gasteiger partial charge < -0.3 is 10.4 Å². The van der Waals surface area contributed by atoms with Gasteiger partial charge in [-0.2, -0.15) is 0 Å². The minimum absolute atomic E-state index is 0.0431. The van der Waals surface area contributed by atoms with Gasteiger partial charge in [-0.05, 0) is 5.92 Å². The zero-order chi connectivity index (χ0) is 11.0. The van der Waals surface area contributed by atoms with Crippen LogP contribution < -0.4 is 10.6 Å². The normalized spacial score (nSPS) is 12.2. The van der Waals surface area contributed by atoms with Crippen LogP contribution in [0.25, 0.3) is 0 Å². The van der Waals surface area contributed by atoms with Crippen LogP contribution in [0.15, 0.2) is 0 Å². The van der Waals surface area contributed by atoms with Crippen molar-refractivity contribution < 1.29 is 9.90 Å². The average molecular weight is 198 g/mol. The fourth-order valence-electron chi connectivity index (χ4n) is 0.929. The van der Waals surface area contributed by atoms with Gasteiger partial charge in [0.1, 0.15) is 0 Å². The molecule has 0 rings (SSSR count). The van der Waals surface area contributed by atoms with Crippen molar-refractivity contribution in [2.75, 3.05) is 19.7 Å². The van der Waals surface area contributed by atoms with E-state index in [1.807, 2.05) is 13.8 Å². The number of amides is 1. The summed E-state index contributed by atoms with van der Waals surface area (Å²) in [6.07, 6.45) is 5.01. The first-order valence-corrected chi connectivity index (χ1v) is 4.66. The highest BCUT2D eigenvalue weighted by atomic mass is 16.3. The van der Waals surface area contributed by atoms with Crippen molar-refractivity contribution in [3.05, 3.63) is 0 Å². The summed E-state index contributed by atoms with van der Waals surface area (Å²) in [5.74, 6) is 2.45. The van der Waals surface area contributed by atoms with Crippen LogP contribution in [0.4, 0.5) is 0 Å². The van der Waals surface area contributed by atoms with Crippen LogP contribution in [-0.2, 0) is 4.79 Å². The van der Waals surface area contributed by atoms with E-state index < -0.39 is 0 Å². The van der Waals surface area contributed by atoms with Crippen LogP contribution in [-0.4, -0.2) is 36.8 Å². The van der Waals surface area contributed by atoms with Crippen molar-refractivity contribution in [2.24, 2.45) is 5.92 Å². The van der Waals surface area contributed by atoms with E-state index in [0.717, 1.165) is 0 Å². The Morgan fingerprint density at radius 1 is 1.57 bits per heavy atom. The lowest BCUT2D eigenvalue weighted by atomic mass is 10.1. The van der Waals surface area contributed by atoms with Gasteiger partial charge in [0, 0.05) is 0 Å². The summed E-state index contributed by atoms with van der Waals surface area (Å²) in [6, 6.07) is -0.185. The number of carbonyl (C=O) groups excluding carboxylic acids is 1. The number of aliphatic hydroxyl groups is 1. The van der Waals surface area contributed by atoms with Crippen LogP contribution in [0.5, 0.6) is 0 Å². The summed E-state index contributed by atoms with van der Waals surface area (Å²) in [5.41, 5.74) is 0. The minimum Gasteiger partial charge on any atom is -0.394 e. The van der Waals surface area contributed by atoms with Crippen LogP contribution in [0, 0.1) is 18.3 Å². The molecule has 0 aliphatic rings. The van der Waals surface area contributed by atoms with Crippen molar-refractivity contribution in [1.29, 1.82) is 0 Å². The monoisotopic (exact) mass is 198 g/mol. The van der Waals surface area contributed by atoms with Gasteiger partial charge >= 0.3 is 0 Å². The molecule has 0 bridgehead atoms. The van der Waals surface area contributed by atoms with Gasteiger partial charge in [-0.3, -0.25) is 10.1 Å². The molecule has 0 aliphatic heterocycles. The molecule has 0 saturated heterocycles. The number of rotatable bonds is 6. The summed E-state index contributed by atoms with van der Waals surface area (Å²) >= 11 is 0. The molecule has 0 heterocycles. The van der Waals surface area contributed by atoms with Crippen LogP contribution in [0.1, 0.15) is 13.8 Å². The Morgan fingerprint density at radius 2 is 2.21 bits per heavy atom. The first-order chi connectivity index (χ1) is 6.61. The van der Waals surface area contributed by atoms with Crippen molar-refractivity contribution in [3.8, 4) is 12.3 Å². The number of hydrogen-bond donors (Lipinski definition) is 3. The standard InChI is InChI=1S/C10H18N2O2/c1-4-5-11-6-10(14)12-9(7-13)8(2)3/h1,8-9,11,13H,5-7H2,2-3H3,(H,12,14)/t9-/m1/s1. The molecule has 0 aliphatic carbocycles. The molecule has 3 N–H and O–H groups in total. The lowest BCUT2D eigenvalue weighted by molar-refractivity contribution is -0.121. The van der Waals surface area contributed by atoms with E-state index in [1.54, 1.807) is 0 Å². The number of nitrogens with one attached hydrogen (secondary N) is 2. The fourth-order valence-corrected chi connectivity index (χ4v) is 0.929. The third-order valence-electron chi connectivity index (χ3n) is 1.86. The molecule has 0 aromatic heterocycles. The van der Waals surface area contributed by atoms with E-state index in [0.29, 0.717) is 6.54 Å². The second-order valence-corrected chi connectivity index (χ2v) is 3.41. The van der Waals surface area contributed by atoms with Crippen LogP contribution in [0.2, 0.25) is 0 Å². The Labute approximate surface area is 85.1 Å². The molecular weight excluding hydrogens is 180 g/mol. The van der Waals surface area contributed by atoms with E-state index in [9.17, 15) is 4.79 Å². The summed E-state index contributed by atoms with van der Waals surface area (Å²) < 4.78 is 0. The molecule has 4 nitrogen and oxygen atoms in total. The van der Waals surface area contributed by atoms with Gasteiger partial charge in [-0.25, -0.2) is 0 Å². The molecule has 80 valence electrons. The number of aliphatic hydroxyl groups excluding tert-OH is 1. The lowest BCUT2D eigenvalue weighted by Crippen LogP contribution is -2.44. The molecule has 14 heavy (non-hydrogen) atoms. The third kappa shape index (κ3) is 5.57. The molecule has 0 radical (unpaired) electrons. The van der Waals surface area contributed by atoms with E-state index in [1.165, 1.54) is 0 Å². The maximum Gasteiger partial charge on any atom is 0.234 e. The molecule has 0 fully saturated rings. The van der Waals surface area contributed by atoms with Crippen molar-refractivity contribution >= 4 is 5.91 Å². The molecular formula is C10H18N2O2. The molecule has 1 atom stereocenters. The largest absolute Gasteiger partial charge is 0.394 e. The Bertz CT molecular complexity index is 209. The Balaban J connectivity index is 3.75. The molecule has 4 heteroatoms. The molecule has 0 unspecified atom stereocenters. The maximum atomic E-state index is 11.2. The predicted octanol–water partition coefficient (Wildman–Crippen LogP) is -0.658. The zero-order valence-corrected chi connectivity index (χ0v) is 8.71. The summed E-state index contributed by atoms with van der Waals surface area (Å²) in [5, 5.41) is 14.4. The summed E-state index contributed by atoms with van der Waals surface area (Å²) in [7, 11) is 0. The van der Waals surface area contributed by atoms with Gasteiger partial charge in [-0.15, -0.1) is 6.42 Å². The van der Waals surface area contributed by atoms with Gasteiger partial charge in [-0.1, -0.05) is 19.8 Å². The van der Waals surface area contributed by atoms with Gasteiger partial charge in [0.05, 0.1) is 25.7 Å². The maximum absolute atomic E-state index is 11.2. The molecule has 0 spiro atoms. The van der Waals surface area contributed by atoms with E-state index in [2.05, 4.69) is 16.6 Å². The van der Waals surface area contributed by atoms with Crippen molar-refractivity contribution in [2.45, 2.75) is 19.9 Å². The highest BCUT2D eigenvalue weighted by Gasteiger charge is 2.14. The first-order valence-electron chi connectivity index (χ1n) is 4.66. The van der Waals surface area contributed by atoms with Crippen LogP contribution >= 0.6 is 0 Å². The van der Waals surface area contributed by atoms with Gasteiger partial charge in [0.25, 0.3) is 0 Å². The molecule has 1 amide bonds. The van der Waals surface area contributed by atoms with Crippen molar-refractivity contribution in [3.63, 3.8) is 0 Å². The summed E-state index contributed by atoms with van der Waals surface area (Å²) in [4.78, 5) is 11.2. The zero-order valence-electron chi connectivity index (χ0n) is 8.71.